The van der Waals surface area contributed by atoms with Crippen LogP contribution in [0.5, 0.6) is 0 Å². The van der Waals surface area contributed by atoms with Crippen LogP contribution in [0.25, 0.3) is 0 Å². The molecule has 66 valence electrons. The van der Waals surface area contributed by atoms with Crippen molar-refractivity contribution < 1.29 is 0 Å². The lowest BCUT2D eigenvalue weighted by Gasteiger charge is -2.23. The van der Waals surface area contributed by atoms with Crippen molar-refractivity contribution in [1.29, 1.82) is 0 Å². The average molecular weight is 156 g/mol. The molecule has 11 heavy (non-hydrogen) atoms. The Morgan fingerprint density at radius 3 is 2.55 bits per heavy atom. The Hall–Kier alpha value is -0.0800. The molecule has 0 aliphatic carbocycles. The van der Waals surface area contributed by atoms with Gasteiger partial charge in [0.2, 0.25) is 0 Å². The van der Waals surface area contributed by atoms with Gasteiger partial charge in [0.05, 0.1) is 0 Å². The molecule has 0 aromatic rings. The number of piperidine rings is 1. The Morgan fingerprint density at radius 1 is 1.36 bits per heavy atom. The average Bonchev–Trinajstić information content (AvgIpc) is 2.03. The first-order valence-electron chi connectivity index (χ1n) is 4.73. The normalized spacial score (nSPS) is 21.0. The maximum Gasteiger partial charge on any atom is 0.00104 e. The molecule has 0 radical (unpaired) electrons. The predicted octanol–water partition coefficient (Wildman–Crippen LogP) is 0.984. The van der Waals surface area contributed by atoms with E-state index < -0.39 is 0 Å². The Kier molecular flexibility index (Phi) is 3.87. The number of nitrogens with one attached hydrogen (secondary N) is 2. The van der Waals surface area contributed by atoms with E-state index in [-0.39, 0.29) is 0 Å². The van der Waals surface area contributed by atoms with Crippen LogP contribution in [0.15, 0.2) is 0 Å². The topological polar surface area (TPSA) is 24.1 Å². The summed E-state index contributed by atoms with van der Waals surface area (Å²) in [6.07, 6.45) is 2.69. The van der Waals surface area contributed by atoms with E-state index in [1.54, 1.807) is 0 Å². The molecule has 1 fully saturated rings. The highest BCUT2D eigenvalue weighted by Crippen LogP contribution is 2.09. The van der Waals surface area contributed by atoms with Crippen LogP contribution in [0, 0.1) is 5.92 Å². The van der Waals surface area contributed by atoms with Gasteiger partial charge in [-0.1, -0.05) is 13.8 Å². The highest BCUT2D eigenvalue weighted by molar-refractivity contribution is 4.71. The van der Waals surface area contributed by atoms with Gasteiger partial charge in [-0.25, -0.2) is 0 Å². The van der Waals surface area contributed by atoms with Crippen LogP contribution >= 0.6 is 0 Å². The maximum absolute atomic E-state index is 3.49. The molecule has 2 heteroatoms. The van der Waals surface area contributed by atoms with Crippen molar-refractivity contribution in [3.63, 3.8) is 0 Å². The molecule has 0 bridgehead atoms. The van der Waals surface area contributed by atoms with E-state index in [1.165, 1.54) is 32.5 Å². The molecule has 0 saturated carbocycles. The zero-order valence-corrected chi connectivity index (χ0v) is 7.69. The summed E-state index contributed by atoms with van der Waals surface area (Å²) in [5.74, 6) is 0.915. The second kappa shape index (κ2) is 4.73. The van der Waals surface area contributed by atoms with Gasteiger partial charge >= 0.3 is 0 Å². The van der Waals surface area contributed by atoms with Crippen LogP contribution in [-0.4, -0.2) is 25.7 Å². The van der Waals surface area contributed by atoms with Gasteiger partial charge in [0.25, 0.3) is 0 Å². The zero-order chi connectivity index (χ0) is 8.10. The molecule has 2 nitrogen and oxygen atoms in total. The van der Waals surface area contributed by atoms with Gasteiger partial charge < -0.3 is 10.6 Å². The fourth-order valence-corrected chi connectivity index (χ4v) is 1.49. The van der Waals surface area contributed by atoms with Crippen molar-refractivity contribution >= 4 is 0 Å². The fraction of sp³-hybridized carbons (Fsp3) is 1.00. The Bertz CT molecular complexity index is 95.7. The summed E-state index contributed by atoms with van der Waals surface area (Å²) in [6, 6.07) is 0.643. The van der Waals surface area contributed by atoms with E-state index in [0.717, 1.165) is 5.92 Å². The Balaban J connectivity index is 2.05. The lowest BCUT2D eigenvalue weighted by Crippen LogP contribution is -2.35. The maximum atomic E-state index is 3.49. The number of hydrogen-bond acceptors (Lipinski definition) is 2. The number of rotatable bonds is 3. The molecule has 1 heterocycles. The summed E-state index contributed by atoms with van der Waals surface area (Å²) in [7, 11) is 0. The minimum Gasteiger partial charge on any atom is -0.317 e. The molecule has 0 amide bonds. The van der Waals surface area contributed by atoms with Crippen LogP contribution in [0.2, 0.25) is 0 Å². The predicted molar refractivity (Wildman–Crippen MR) is 48.7 cm³/mol. The van der Waals surface area contributed by atoms with Gasteiger partial charge in [-0.3, -0.25) is 0 Å². The molecule has 1 aliphatic rings. The molecule has 0 spiro atoms. The lowest BCUT2D eigenvalue weighted by molar-refractivity contribution is 0.347. The number of hydrogen-bond donors (Lipinski definition) is 2. The van der Waals surface area contributed by atoms with Crippen molar-refractivity contribution in [3.05, 3.63) is 0 Å². The van der Waals surface area contributed by atoms with E-state index in [1.807, 2.05) is 0 Å². The van der Waals surface area contributed by atoms with E-state index in [0.29, 0.717) is 6.04 Å². The first kappa shape index (κ1) is 9.01. The first-order valence-corrected chi connectivity index (χ1v) is 4.73. The summed E-state index contributed by atoms with van der Waals surface area (Å²) >= 11 is 0. The molecular formula is C9H20N2. The molecule has 0 atom stereocenters. The summed E-state index contributed by atoms with van der Waals surface area (Å²) in [6.45, 7) is 8.05. The fourth-order valence-electron chi connectivity index (χ4n) is 1.49. The van der Waals surface area contributed by atoms with Crippen molar-refractivity contribution in [2.75, 3.05) is 19.6 Å². The van der Waals surface area contributed by atoms with Crippen LogP contribution < -0.4 is 10.6 Å². The lowest BCUT2D eigenvalue weighted by atomic mass is 9.98. The summed E-state index contributed by atoms with van der Waals surface area (Å²) < 4.78 is 0. The monoisotopic (exact) mass is 156 g/mol. The van der Waals surface area contributed by atoms with Crippen LogP contribution in [0.1, 0.15) is 26.7 Å². The van der Waals surface area contributed by atoms with Crippen molar-refractivity contribution in [1.82, 2.24) is 10.6 Å². The molecule has 0 aromatic carbocycles. The van der Waals surface area contributed by atoms with Gasteiger partial charge in [0.15, 0.2) is 0 Å². The van der Waals surface area contributed by atoms with Crippen LogP contribution in [0.4, 0.5) is 0 Å². The third kappa shape index (κ3) is 3.73. The SMILES string of the molecule is CC(C)NCC1CCNCC1. The molecule has 2 N–H and O–H groups in total. The van der Waals surface area contributed by atoms with Crippen molar-refractivity contribution in [2.24, 2.45) is 5.92 Å². The quantitative estimate of drug-likeness (QED) is 0.636. The van der Waals surface area contributed by atoms with E-state index in [9.17, 15) is 0 Å². The highest BCUT2D eigenvalue weighted by atomic mass is 14.9. The van der Waals surface area contributed by atoms with Gasteiger partial charge in [0, 0.05) is 6.04 Å². The molecule has 0 aromatic heterocycles. The van der Waals surface area contributed by atoms with Crippen LogP contribution in [0.3, 0.4) is 0 Å². The smallest absolute Gasteiger partial charge is 0.00104 e. The zero-order valence-electron chi connectivity index (χ0n) is 7.69. The second-order valence-electron chi connectivity index (χ2n) is 3.76. The van der Waals surface area contributed by atoms with Gasteiger partial charge in [0.1, 0.15) is 0 Å². The van der Waals surface area contributed by atoms with Gasteiger partial charge in [-0.05, 0) is 38.4 Å². The first-order chi connectivity index (χ1) is 5.29. The van der Waals surface area contributed by atoms with Crippen molar-refractivity contribution in [3.8, 4) is 0 Å². The van der Waals surface area contributed by atoms with E-state index >= 15 is 0 Å². The standard InChI is InChI=1S/C9H20N2/c1-8(2)11-7-9-3-5-10-6-4-9/h8-11H,3-7H2,1-2H3. The third-order valence-corrected chi connectivity index (χ3v) is 2.27. The molecule has 1 saturated heterocycles. The minimum absolute atomic E-state index is 0.643. The molecule has 1 aliphatic heterocycles. The summed E-state index contributed by atoms with van der Waals surface area (Å²) in [5, 5.41) is 6.86. The third-order valence-electron chi connectivity index (χ3n) is 2.27. The van der Waals surface area contributed by atoms with Gasteiger partial charge in [-0.2, -0.15) is 0 Å². The van der Waals surface area contributed by atoms with E-state index in [2.05, 4.69) is 24.5 Å². The molecular weight excluding hydrogens is 136 g/mol. The van der Waals surface area contributed by atoms with Crippen molar-refractivity contribution in [2.45, 2.75) is 32.7 Å². The molecule has 0 unspecified atom stereocenters. The Labute approximate surface area is 69.8 Å². The second-order valence-corrected chi connectivity index (χ2v) is 3.76. The minimum atomic E-state index is 0.643. The Morgan fingerprint density at radius 2 is 2.00 bits per heavy atom. The molecule has 1 rings (SSSR count). The van der Waals surface area contributed by atoms with Gasteiger partial charge in [-0.15, -0.1) is 0 Å². The van der Waals surface area contributed by atoms with Crippen LogP contribution in [-0.2, 0) is 0 Å². The summed E-state index contributed by atoms with van der Waals surface area (Å²) in [5.41, 5.74) is 0. The largest absolute Gasteiger partial charge is 0.317 e. The highest BCUT2D eigenvalue weighted by Gasteiger charge is 2.12. The summed E-state index contributed by atoms with van der Waals surface area (Å²) in [4.78, 5) is 0. The van der Waals surface area contributed by atoms with E-state index in [4.69, 9.17) is 0 Å².